The number of rotatable bonds is 3. The lowest BCUT2D eigenvalue weighted by Gasteiger charge is -2.26. The summed E-state index contributed by atoms with van der Waals surface area (Å²) in [6.07, 6.45) is 7.63. The van der Waals surface area contributed by atoms with E-state index < -0.39 is 0 Å². The summed E-state index contributed by atoms with van der Waals surface area (Å²) in [4.78, 5) is 4.69. The average Bonchev–Trinajstić information content (AvgIpc) is 3.07. The van der Waals surface area contributed by atoms with Crippen molar-refractivity contribution in [3.63, 3.8) is 0 Å². The van der Waals surface area contributed by atoms with Crippen LogP contribution in [0.3, 0.4) is 0 Å². The van der Waals surface area contributed by atoms with E-state index in [0.717, 1.165) is 24.2 Å². The summed E-state index contributed by atoms with van der Waals surface area (Å²) in [5.74, 6) is 3.73. The van der Waals surface area contributed by atoms with Gasteiger partial charge in [-0.1, -0.05) is 38.3 Å². The second-order valence-electron chi connectivity index (χ2n) is 6.33. The van der Waals surface area contributed by atoms with Crippen LogP contribution in [0.4, 0.5) is 0 Å². The third-order valence-corrected chi connectivity index (χ3v) is 4.98. The van der Waals surface area contributed by atoms with Crippen molar-refractivity contribution in [2.45, 2.75) is 64.3 Å². The SMILES string of the molecule is CCC1CCCC(c2noc(C3NCCC3C)n2)C1. The highest BCUT2D eigenvalue weighted by Gasteiger charge is 2.31. The summed E-state index contributed by atoms with van der Waals surface area (Å²) in [6, 6.07) is 0.270. The van der Waals surface area contributed by atoms with E-state index in [9.17, 15) is 0 Å². The molecule has 106 valence electrons. The van der Waals surface area contributed by atoms with Gasteiger partial charge in [-0.05, 0) is 37.6 Å². The smallest absolute Gasteiger partial charge is 0.244 e. The van der Waals surface area contributed by atoms with Gasteiger partial charge in [0.1, 0.15) is 0 Å². The summed E-state index contributed by atoms with van der Waals surface area (Å²) < 4.78 is 5.52. The van der Waals surface area contributed by atoms with E-state index >= 15 is 0 Å². The van der Waals surface area contributed by atoms with Gasteiger partial charge in [0.05, 0.1) is 6.04 Å². The molecular weight excluding hydrogens is 238 g/mol. The minimum atomic E-state index is 0.270. The Morgan fingerprint density at radius 1 is 1.32 bits per heavy atom. The normalized spacial score (nSPS) is 35.7. The Morgan fingerprint density at radius 3 is 2.95 bits per heavy atom. The Balaban J connectivity index is 1.70. The zero-order chi connectivity index (χ0) is 13.2. The highest BCUT2D eigenvalue weighted by molar-refractivity contribution is 5.02. The Kier molecular flexibility index (Phi) is 3.87. The van der Waals surface area contributed by atoms with E-state index in [1.54, 1.807) is 0 Å². The lowest BCUT2D eigenvalue weighted by molar-refractivity contribution is 0.291. The van der Waals surface area contributed by atoms with Crippen molar-refractivity contribution in [3.05, 3.63) is 11.7 Å². The molecule has 0 aromatic carbocycles. The van der Waals surface area contributed by atoms with E-state index in [-0.39, 0.29) is 6.04 Å². The van der Waals surface area contributed by atoms with Crippen LogP contribution in [0.25, 0.3) is 0 Å². The quantitative estimate of drug-likeness (QED) is 0.907. The second kappa shape index (κ2) is 5.61. The fourth-order valence-electron chi connectivity index (χ4n) is 3.60. The average molecular weight is 263 g/mol. The molecule has 1 aliphatic carbocycles. The van der Waals surface area contributed by atoms with E-state index in [1.165, 1.54) is 38.5 Å². The van der Waals surface area contributed by atoms with Crippen molar-refractivity contribution in [2.24, 2.45) is 11.8 Å². The third-order valence-electron chi connectivity index (χ3n) is 4.98. The van der Waals surface area contributed by atoms with Crippen molar-refractivity contribution in [1.29, 1.82) is 0 Å². The van der Waals surface area contributed by atoms with Crippen molar-refractivity contribution in [1.82, 2.24) is 15.5 Å². The molecule has 4 nitrogen and oxygen atoms in total. The summed E-state index contributed by atoms with van der Waals surface area (Å²) in [6.45, 7) is 5.60. The summed E-state index contributed by atoms with van der Waals surface area (Å²) in [5.41, 5.74) is 0. The highest BCUT2D eigenvalue weighted by atomic mass is 16.5. The van der Waals surface area contributed by atoms with Gasteiger partial charge in [0.2, 0.25) is 5.89 Å². The summed E-state index contributed by atoms with van der Waals surface area (Å²) in [5, 5.41) is 7.72. The van der Waals surface area contributed by atoms with Gasteiger partial charge in [0, 0.05) is 5.92 Å². The maximum atomic E-state index is 5.52. The molecule has 4 atom stereocenters. The van der Waals surface area contributed by atoms with Crippen molar-refractivity contribution < 1.29 is 4.52 Å². The lowest BCUT2D eigenvalue weighted by Crippen LogP contribution is -2.17. The first kappa shape index (κ1) is 13.1. The molecule has 1 aromatic heterocycles. The van der Waals surface area contributed by atoms with Gasteiger partial charge >= 0.3 is 0 Å². The molecule has 1 aliphatic heterocycles. The van der Waals surface area contributed by atoms with Crippen LogP contribution in [-0.2, 0) is 0 Å². The zero-order valence-electron chi connectivity index (χ0n) is 12.1. The topological polar surface area (TPSA) is 51.0 Å². The Morgan fingerprint density at radius 2 is 2.21 bits per heavy atom. The van der Waals surface area contributed by atoms with Gasteiger partial charge < -0.3 is 9.84 Å². The van der Waals surface area contributed by atoms with Gasteiger partial charge in [0.25, 0.3) is 0 Å². The number of nitrogens with one attached hydrogen (secondary N) is 1. The molecule has 4 heteroatoms. The molecule has 1 saturated heterocycles. The molecule has 1 N–H and O–H groups in total. The van der Waals surface area contributed by atoms with Crippen molar-refractivity contribution in [2.75, 3.05) is 6.54 Å². The minimum absolute atomic E-state index is 0.270. The van der Waals surface area contributed by atoms with E-state index in [4.69, 9.17) is 9.51 Å². The Labute approximate surface area is 115 Å². The van der Waals surface area contributed by atoms with Crippen LogP contribution >= 0.6 is 0 Å². The maximum Gasteiger partial charge on any atom is 0.244 e. The van der Waals surface area contributed by atoms with Crippen LogP contribution in [0.1, 0.15) is 76.0 Å². The predicted molar refractivity (Wildman–Crippen MR) is 73.8 cm³/mol. The first-order valence-corrected chi connectivity index (χ1v) is 7.84. The molecular formula is C15H25N3O. The summed E-state index contributed by atoms with van der Waals surface area (Å²) in [7, 11) is 0. The molecule has 4 unspecified atom stereocenters. The van der Waals surface area contributed by atoms with Crippen molar-refractivity contribution in [3.8, 4) is 0 Å². The Bertz CT molecular complexity index is 417. The molecule has 0 spiro atoms. The monoisotopic (exact) mass is 263 g/mol. The molecule has 1 saturated carbocycles. The van der Waals surface area contributed by atoms with E-state index in [2.05, 4.69) is 24.3 Å². The largest absolute Gasteiger partial charge is 0.338 e. The standard InChI is InChI=1S/C15H25N3O/c1-3-11-5-4-6-12(9-11)14-17-15(19-18-14)13-10(2)7-8-16-13/h10-13,16H,3-9H2,1-2H3. The molecule has 0 radical (unpaired) electrons. The fourth-order valence-corrected chi connectivity index (χ4v) is 3.60. The van der Waals surface area contributed by atoms with Gasteiger partial charge in [-0.3, -0.25) is 0 Å². The van der Waals surface area contributed by atoms with E-state index in [1.807, 2.05) is 0 Å². The third kappa shape index (κ3) is 2.69. The lowest BCUT2D eigenvalue weighted by atomic mass is 9.80. The molecule has 3 rings (SSSR count). The molecule has 1 aromatic rings. The second-order valence-corrected chi connectivity index (χ2v) is 6.33. The van der Waals surface area contributed by atoms with Crippen LogP contribution in [0.2, 0.25) is 0 Å². The first-order chi connectivity index (χ1) is 9.28. The van der Waals surface area contributed by atoms with Gasteiger partial charge in [0.15, 0.2) is 5.82 Å². The van der Waals surface area contributed by atoms with Gasteiger partial charge in [-0.2, -0.15) is 4.98 Å². The predicted octanol–water partition coefficient (Wildman–Crippen LogP) is 3.42. The first-order valence-electron chi connectivity index (χ1n) is 7.84. The highest BCUT2D eigenvalue weighted by Crippen LogP contribution is 2.37. The van der Waals surface area contributed by atoms with Crippen LogP contribution in [-0.4, -0.2) is 16.7 Å². The summed E-state index contributed by atoms with van der Waals surface area (Å²) >= 11 is 0. The van der Waals surface area contributed by atoms with Gasteiger partial charge in [-0.25, -0.2) is 0 Å². The number of hydrogen-bond acceptors (Lipinski definition) is 4. The fraction of sp³-hybridized carbons (Fsp3) is 0.867. The minimum Gasteiger partial charge on any atom is -0.338 e. The maximum absolute atomic E-state index is 5.52. The van der Waals surface area contributed by atoms with Crippen LogP contribution in [0.15, 0.2) is 4.52 Å². The number of aromatic nitrogens is 2. The van der Waals surface area contributed by atoms with Crippen LogP contribution in [0, 0.1) is 11.8 Å². The van der Waals surface area contributed by atoms with Crippen LogP contribution < -0.4 is 5.32 Å². The van der Waals surface area contributed by atoms with Gasteiger partial charge in [-0.15, -0.1) is 0 Å². The molecule has 0 amide bonds. The zero-order valence-corrected chi connectivity index (χ0v) is 12.1. The van der Waals surface area contributed by atoms with Crippen LogP contribution in [0.5, 0.6) is 0 Å². The Hall–Kier alpha value is -0.900. The molecule has 19 heavy (non-hydrogen) atoms. The van der Waals surface area contributed by atoms with Crippen molar-refractivity contribution >= 4 is 0 Å². The van der Waals surface area contributed by atoms with E-state index in [0.29, 0.717) is 11.8 Å². The number of hydrogen-bond donors (Lipinski definition) is 1. The number of nitrogens with zero attached hydrogens (tertiary/aromatic N) is 2. The molecule has 2 aliphatic rings. The molecule has 0 bridgehead atoms. The molecule has 2 heterocycles. The molecule has 2 fully saturated rings.